The molecular weight excluding hydrogens is 128 g/mol. The molecule has 2 heteroatoms. The molecule has 1 heterocycles. The molecular formula is C8H16O2. The number of aliphatic hydroxyl groups is 1. The molecule has 0 bridgehead atoms. The summed E-state index contributed by atoms with van der Waals surface area (Å²) in [5.41, 5.74) is 0. The lowest BCUT2D eigenvalue weighted by atomic mass is 9.90. The minimum absolute atomic E-state index is 0.380. The largest absolute Gasteiger partial charge is 0.368 e. The van der Waals surface area contributed by atoms with E-state index in [1.165, 1.54) is 0 Å². The molecule has 0 aromatic heterocycles. The lowest BCUT2D eigenvalue weighted by Gasteiger charge is -2.18. The standard InChI is InChI=1S/C8H16O2/c1-3-6(2)7-4-5-10-8(7)9/h6-9H,3-5H2,1-2H3/t6-,7-,8?/m0/s1. The third kappa shape index (κ3) is 1.50. The second kappa shape index (κ2) is 3.35. The Kier molecular flexibility index (Phi) is 2.69. The van der Waals surface area contributed by atoms with E-state index in [1.807, 2.05) is 0 Å². The van der Waals surface area contributed by atoms with E-state index in [0.717, 1.165) is 19.4 Å². The van der Waals surface area contributed by atoms with Gasteiger partial charge in [0.25, 0.3) is 0 Å². The Balaban J connectivity index is 2.38. The molecule has 0 spiro atoms. The molecule has 1 aliphatic rings. The summed E-state index contributed by atoms with van der Waals surface area (Å²) in [6.07, 6.45) is 1.66. The van der Waals surface area contributed by atoms with Crippen molar-refractivity contribution in [1.82, 2.24) is 0 Å². The Bertz CT molecular complexity index is 103. The molecule has 1 N–H and O–H groups in total. The van der Waals surface area contributed by atoms with Crippen molar-refractivity contribution < 1.29 is 9.84 Å². The van der Waals surface area contributed by atoms with Crippen LogP contribution in [0.5, 0.6) is 0 Å². The van der Waals surface area contributed by atoms with Gasteiger partial charge in [-0.15, -0.1) is 0 Å². The molecule has 1 unspecified atom stereocenters. The number of ether oxygens (including phenoxy) is 1. The van der Waals surface area contributed by atoms with E-state index in [4.69, 9.17) is 4.74 Å². The van der Waals surface area contributed by atoms with Crippen molar-refractivity contribution in [3.8, 4) is 0 Å². The summed E-state index contributed by atoms with van der Waals surface area (Å²) in [4.78, 5) is 0. The zero-order valence-electron chi connectivity index (χ0n) is 6.71. The van der Waals surface area contributed by atoms with Crippen molar-refractivity contribution in [3.05, 3.63) is 0 Å². The molecule has 1 saturated heterocycles. The molecule has 1 aliphatic heterocycles. The maximum atomic E-state index is 9.27. The van der Waals surface area contributed by atoms with Crippen molar-refractivity contribution in [2.75, 3.05) is 6.61 Å². The van der Waals surface area contributed by atoms with Gasteiger partial charge in [-0.05, 0) is 12.3 Å². The van der Waals surface area contributed by atoms with E-state index in [1.54, 1.807) is 0 Å². The topological polar surface area (TPSA) is 29.5 Å². The lowest BCUT2D eigenvalue weighted by molar-refractivity contribution is -0.0917. The van der Waals surface area contributed by atoms with E-state index < -0.39 is 6.29 Å². The molecule has 1 fully saturated rings. The van der Waals surface area contributed by atoms with Crippen molar-refractivity contribution in [1.29, 1.82) is 0 Å². The Labute approximate surface area is 62.2 Å². The van der Waals surface area contributed by atoms with Crippen LogP contribution in [0.25, 0.3) is 0 Å². The summed E-state index contributed by atoms with van der Waals surface area (Å²) in [5, 5.41) is 9.27. The summed E-state index contributed by atoms with van der Waals surface area (Å²) in [6.45, 7) is 5.05. The molecule has 3 atom stereocenters. The molecule has 1 rings (SSSR count). The van der Waals surface area contributed by atoms with Gasteiger partial charge in [-0.2, -0.15) is 0 Å². The maximum Gasteiger partial charge on any atom is 0.157 e. The average molecular weight is 144 g/mol. The molecule has 0 aromatic carbocycles. The van der Waals surface area contributed by atoms with Gasteiger partial charge < -0.3 is 9.84 Å². The van der Waals surface area contributed by atoms with Crippen molar-refractivity contribution >= 4 is 0 Å². The quantitative estimate of drug-likeness (QED) is 0.634. The van der Waals surface area contributed by atoms with Gasteiger partial charge >= 0.3 is 0 Å². The molecule has 10 heavy (non-hydrogen) atoms. The van der Waals surface area contributed by atoms with Crippen LogP contribution >= 0.6 is 0 Å². The summed E-state index contributed by atoms with van der Waals surface area (Å²) >= 11 is 0. The fourth-order valence-corrected chi connectivity index (χ4v) is 1.46. The first-order chi connectivity index (χ1) is 4.75. The van der Waals surface area contributed by atoms with Gasteiger partial charge in [0.2, 0.25) is 0 Å². The Morgan fingerprint density at radius 3 is 2.80 bits per heavy atom. The zero-order chi connectivity index (χ0) is 7.56. The Hall–Kier alpha value is -0.0800. The van der Waals surface area contributed by atoms with Crippen LogP contribution in [-0.2, 0) is 4.74 Å². The highest BCUT2D eigenvalue weighted by atomic mass is 16.6. The van der Waals surface area contributed by atoms with Gasteiger partial charge in [0.15, 0.2) is 6.29 Å². The lowest BCUT2D eigenvalue weighted by Crippen LogP contribution is -2.21. The number of aliphatic hydroxyl groups excluding tert-OH is 1. The second-order valence-corrected chi connectivity index (χ2v) is 3.10. The SMILES string of the molecule is CC[C@H](C)[C@@H]1CCOC1O. The summed E-state index contributed by atoms with van der Waals surface area (Å²) in [7, 11) is 0. The third-order valence-electron chi connectivity index (χ3n) is 2.48. The smallest absolute Gasteiger partial charge is 0.157 e. The van der Waals surface area contributed by atoms with Gasteiger partial charge in [0.05, 0.1) is 6.61 Å². The van der Waals surface area contributed by atoms with Crippen LogP contribution in [0, 0.1) is 11.8 Å². The van der Waals surface area contributed by atoms with Crippen LogP contribution in [0.15, 0.2) is 0 Å². The third-order valence-corrected chi connectivity index (χ3v) is 2.48. The van der Waals surface area contributed by atoms with E-state index in [-0.39, 0.29) is 0 Å². The molecule has 0 amide bonds. The van der Waals surface area contributed by atoms with Gasteiger partial charge in [-0.25, -0.2) is 0 Å². The summed E-state index contributed by atoms with van der Waals surface area (Å²) in [6, 6.07) is 0. The highest BCUT2D eigenvalue weighted by Gasteiger charge is 2.29. The van der Waals surface area contributed by atoms with Gasteiger partial charge in [0.1, 0.15) is 0 Å². The van der Waals surface area contributed by atoms with Crippen molar-refractivity contribution in [3.63, 3.8) is 0 Å². The number of rotatable bonds is 2. The van der Waals surface area contributed by atoms with Crippen LogP contribution in [0.1, 0.15) is 26.7 Å². The van der Waals surface area contributed by atoms with E-state index in [9.17, 15) is 5.11 Å². The Morgan fingerprint density at radius 1 is 1.70 bits per heavy atom. The molecule has 60 valence electrons. The monoisotopic (exact) mass is 144 g/mol. The van der Waals surface area contributed by atoms with Crippen molar-refractivity contribution in [2.24, 2.45) is 11.8 Å². The normalized spacial score (nSPS) is 36.3. The van der Waals surface area contributed by atoms with Crippen molar-refractivity contribution in [2.45, 2.75) is 33.0 Å². The molecule has 0 aliphatic carbocycles. The first-order valence-electron chi connectivity index (χ1n) is 4.05. The molecule has 2 nitrogen and oxygen atoms in total. The zero-order valence-corrected chi connectivity index (χ0v) is 6.71. The highest BCUT2D eigenvalue weighted by Crippen LogP contribution is 2.28. The van der Waals surface area contributed by atoms with Crippen LogP contribution in [0.4, 0.5) is 0 Å². The fraction of sp³-hybridized carbons (Fsp3) is 1.00. The summed E-state index contributed by atoms with van der Waals surface area (Å²) < 4.78 is 5.04. The van der Waals surface area contributed by atoms with Crippen LogP contribution in [0.3, 0.4) is 0 Å². The number of hydrogen-bond acceptors (Lipinski definition) is 2. The minimum Gasteiger partial charge on any atom is -0.368 e. The van der Waals surface area contributed by atoms with E-state index in [2.05, 4.69) is 13.8 Å². The number of hydrogen-bond donors (Lipinski definition) is 1. The van der Waals surface area contributed by atoms with E-state index >= 15 is 0 Å². The van der Waals surface area contributed by atoms with Crippen LogP contribution in [0.2, 0.25) is 0 Å². The van der Waals surface area contributed by atoms with Gasteiger partial charge in [-0.1, -0.05) is 20.3 Å². The highest BCUT2D eigenvalue weighted by molar-refractivity contribution is 4.72. The van der Waals surface area contributed by atoms with Crippen LogP contribution < -0.4 is 0 Å². The first kappa shape index (κ1) is 8.02. The predicted octanol–water partition coefficient (Wildman–Crippen LogP) is 1.39. The Morgan fingerprint density at radius 2 is 2.40 bits per heavy atom. The average Bonchev–Trinajstić information content (AvgIpc) is 2.34. The molecule has 0 radical (unpaired) electrons. The van der Waals surface area contributed by atoms with E-state index in [0.29, 0.717) is 11.8 Å². The molecule has 0 saturated carbocycles. The van der Waals surface area contributed by atoms with Gasteiger partial charge in [0, 0.05) is 5.92 Å². The minimum atomic E-state index is -0.491. The first-order valence-corrected chi connectivity index (χ1v) is 4.05. The fourth-order valence-electron chi connectivity index (χ4n) is 1.46. The molecule has 0 aromatic rings. The van der Waals surface area contributed by atoms with Gasteiger partial charge in [-0.3, -0.25) is 0 Å². The van der Waals surface area contributed by atoms with Crippen LogP contribution in [-0.4, -0.2) is 18.0 Å². The predicted molar refractivity (Wildman–Crippen MR) is 39.5 cm³/mol. The summed E-state index contributed by atoms with van der Waals surface area (Å²) in [5.74, 6) is 0.975. The second-order valence-electron chi connectivity index (χ2n) is 3.10. The maximum absolute atomic E-state index is 9.27.